The van der Waals surface area contributed by atoms with E-state index >= 15 is 0 Å². The van der Waals surface area contributed by atoms with Gasteiger partial charge in [-0.25, -0.2) is 9.18 Å². The van der Waals surface area contributed by atoms with Crippen LogP contribution in [0.25, 0.3) is 0 Å². The van der Waals surface area contributed by atoms with Gasteiger partial charge >= 0.3 is 5.97 Å². The van der Waals surface area contributed by atoms with Crippen LogP contribution in [0.15, 0.2) is 29.6 Å². The molecule has 98 valence electrons. The van der Waals surface area contributed by atoms with E-state index in [1.807, 2.05) is 0 Å². The summed E-state index contributed by atoms with van der Waals surface area (Å²) < 4.78 is 18.8. The number of thiophene rings is 1. The van der Waals surface area contributed by atoms with Crippen molar-refractivity contribution in [1.29, 1.82) is 0 Å². The number of carboxylic acid groups (broad SMARTS) is 1. The lowest BCUT2D eigenvalue weighted by Crippen LogP contribution is -2.02. The standard InChI is InChI=1S/C13H9FO4S/c14-10-5-8(6-15)1-2-11(10)18-7-9-3-4-19-12(9)13(16)17/h1-6H,7H2,(H,16,17). The van der Waals surface area contributed by atoms with Crippen LogP contribution in [0, 0.1) is 5.82 Å². The fourth-order valence-electron chi connectivity index (χ4n) is 1.50. The van der Waals surface area contributed by atoms with E-state index < -0.39 is 11.8 Å². The normalized spacial score (nSPS) is 10.2. The molecule has 0 aliphatic rings. The SMILES string of the molecule is O=Cc1ccc(OCc2ccsc2C(=O)O)c(F)c1. The number of rotatable bonds is 5. The van der Waals surface area contributed by atoms with Crippen molar-refractivity contribution in [2.75, 3.05) is 0 Å². The molecule has 1 aromatic carbocycles. The molecule has 2 aromatic rings. The molecule has 0 aliphatic heterocycles. The third-order valence-corrected chi connectivity index (χ3v) is 3.36. The van der Waals surface area contributed by atoms with E-state index in [9.17, 15) is 14.0 Å². The Labute approximate surface area is 112 Å². The molecule has 1 aromatic heterocycles. The summed E-state index contributed by atoms with van der Waals surface area (Å²) in [6.45, 7) is -0.0392. The fourth-order valence-corrected chi connectivity index (χ4v) is 2.25. The van der Waals surface area contributed by atoms with Crippen LogP contribution in [0.3, 0.4) is 0 Å². The maximum absolute atomic E-state index is 13.5. The molecule has 0 unspecified atom stereocenters. The molecular weight excluding hydrogens is 271 g/mol. The van der Waals surface area contributed by atoms with Gasteiger partial charge in [-0.1, -0.05) is 0 Å². The first kappa shape index (κ1) is 13.2. The van der Waals surface area contributed by atoms with Gasteiger partial charge in [-0.15, -0.1) is 11.3 Å². The Bertz CT molecular complexity index is 621. The fraction of sp³-hybridized carbons (Fsp3) is 0.0769. The smallest absolute Gasteiger partial charge is 0.346 e. The number of halogens is 1. The van der Waals surface area contributed by atoms with Gasteiger partial charge in [0.1, 0.15) is 17.8 Å². The molecule has 0 bridgehead atoms. The van der Waals surface area contributed by atoms with Gasteiger partial charge in [0.2, 0.25) is 0 Å². The second-order valence-electron chi connectivity index (χ2n) is 3.68. The van der Waals surface area contributed by atoms with Crippen molar-refractivity contribution in [3.8, 4) is 5.75 Å². The molecule has 19 heavy (non-hydrogen) atoms. The quantitative estimate of drug-likeness (QED) is 0.855. The minimum atomic E-state index is -1.04. The number of carbonyl (C=O) groups excluding carboxylic acids is 1. The number of aldehydes is 1. The van der Waals surface area contributed by atoms with Gasteiger partial charge in [-0.2, -0.15) is 0 Å². The highest BCUT2D eigenvalue weighted by atomic mass is 32.1. The zero-order valence-electron chi connectivity index (χ0n) is 9.63. The number of hydrogen-bond donors (Lipinski definition) is 1. The van der Waals surface area contributed by atoms with E-state index in [2.05, 4.69) is 0 Å². The first-order valence-corrected chi connectivity index (χ1v) is 6.17. The first-order chi connectivity index (χ1) is 9.11. The number of hydrogen-bond acceptors (Lipinski definition) is 4. The van der Waals surface area contributed by atoms with Crippen molar-refractivity contribution >= 4 is 23.6 Å². The van der Waals surface area contributed by atoms with Crippen molar-refractivity contribution in [3.63, 3.8) is 0 Å². The van der Waals surface area contributed by atoms with Crippen LogP contribution in [0.4, 0.5) is 4.39 Å². The first-order valence-electron chi connectivity index (χ1n) is 5.29. The summed E-state index contributed by atoms with van der Waals surface area (Å²) >= 11 is 1.08. The van der Waals surface area contributed by atoms with Gasteiger partial charge in [-0.3, -0.25) is 4.79 Å². The van der Waals surface area contributed by atoms with E-state index in [0.29, 0.717) is 11.8 Å². The van der Waals surface area contributed by atoms with Gasteiger partial charge in [0, 0.05) is 11.1 Å². The molecule has 1 heterocycles. The van der Waals surface area contributed by atoms with Crippen LogP contribution in [-0.4, -0.2) is 17.4 Å². The van der Waals surface area contributed by atoms with Gasteiger partial charge < -0.3 is 9.84 Å². The van der Waals surface area contributed by atoms with E-state index in [1.54, 1.807) is 11.4 Å². The number of aromatic carboxylic acids is 1. The molecule has 0 fully saturated rings. The third-order valence-electron chi connectivity index (χ3n) is 2.42. The summed E-state index contributed by atoms with van der Waals surface area (Å²) in [5.41, 5.74) is 0.697. The van der Waals surface area contributed by atoms with Gasteiger partial charge in [0.25, 0.3) is 0 Å². The molecule has 2 rings (SSSR count). The van der Waals surface area contributed by atoms with Crippen LogP contribution in [0.1, 0.15) is 25.6 Å². The predicted molar refractivity (Wildman–Crippen MR) is 67.4 cm³/mol. The number of carbonyl (C=O) groups is 2. The Hall–Kier alpha value is -2.21. The Kier molecular flexibility index (Phi) is 3.91. The topological polar surface area (TPSA) is 63.6 Å². The average molecular weight is 280 g/mol. The lowest BCUT2D eigenvalue weighted by molar-refractivity contribution is 0.0699. The van der Waals surface area contributed by atoms with Gasteiger partial charge in [0.05, 0.1) is 0 Å². The van der Waals surface area contributed by atoms with Gasteiger partial charge in [0.15, 0.2) is 11.6 Å². The van der Waals surface area contributed by atoms with Crippen molar-refractivity contribution in [3.05, 3.63) is 51.5 Å². The zero-order chi connectivity index (χ0) is 13.8. The summed E-state index contributed by atoms with van der Waals surface area (Å²) in [6.07, 6.45) is 0.536. The van der Waals surface area contributed by atoms with Crippen LogP contribution < -0.4 is 4.74 Å². The Morgan fingerprint density at radius 3 is 2.84 bits per heavy atom. The maximum Gasteiger partial charge on any atom is 0.346 e. The zero-order valence-corrected chi connectivity index (χ0v) is 10.4. The summed E-state index contributed by atoms with van der Waals surface area (Å²) in [7, 11) is 0. The highest BCUT2D eigenvalue weighted by Gasteiger charge is 2.13. The molecule has 4 nitrogen and oxygen atoms in total. The van der Waals surface area contributed by atoms with Crippen molar-refractivity contribution in [2.24, 2.45) is 0 Å². The average Bonchev–Trinajstić information content (AvgIpc) is 2.85. The highest BCUT2D eigenvalue weighted by Crippen LogP contribution is 2.22. The molecule has 0 radical (unpaired) electrons. The van der Waals surface area contributed by atoms with E-state index in [-0.39, 0.29) is 22.8 Å². The molecule has 0 aliphatic carbocycles. The largest absolute Gasteiger partial charge is 0.486 e. The van der Waals surface area contributed by atoms with Crippen molar-refractivity contribution in [1.82, 2.24) is 0 Å². The predicted octanol–water partition coefficient (Wildman–Crippen LogP) is 2.98. The molecule has 0 saturated carbocycles. The number of carboxylic acids is 1. The monoisotopic (exact) mass is 280 g/mol. The Morgan fingerprint density at radius 2 is 2.21 bits per heavy atom. The lowest BCUT2D eigenvalue weighted by atomic mass is 10.2. The summed E-state index contributed by atoms with van der Waals surface area (Å²) in [5.74, 6) is -1.71. The lowest BCUT2D eigenvalue weighted by Gasteiger charge is -2.07. The highest BCUT2D eigenvalue weighted by molar-refractivity contribution is 7.12. The van der Waals surface area contributed by atoms with E-state index in [4.69, 9.17) is 9.84 Å². The summed E-state index contributed by atoms with van der Waals surface area (Å²) in [6, 6.07) is 5.45. The van der Waals surface area contributed by atoms with Crippen LogP contribution in [0.5, 0.6) is 5.75 Å². The minimum absolute atomic E-state index is 0.0202. The van der Waals surface area contributed by atoms with Crippen LogP contribution in [-0.2, 0) is 6.61 Å². The Morgan fingerprint density at radius 1 is 1.42 bits per heavy atom. The van der Waals surface area contributed by atoms with E-state index in [1.165, 1.54) is 12.1 Å². The molecule has 6 heteroatoms. The second-order valence-corrected chi connectivity index (χ2v) is 4.59. The minimum Gasteiger partial charge on any atom is -0.486 e. The molecule has 0 amide bonds. The molecule has 1 N–H and O–H groups in total. The van der Waals surface area contributed by atoms with Crippen LogP contribution in [0.2, 0.25) is 0 Å². The van der Waals surface area contributed by atoms with Gasteiger partial charge in [-0.05, 0) is 29.6 Å². The van der Waals surface area contributed by atoms with Crippen molar-refractivity contribution < 1.29 is 23.8 Å². The summed E-state index contributed by atoms with van der Waals surface area (Å²) in [4.78, 5) is 21.5. The maximum atomic E-state index is 13.5. The molecular formula is C13H9FO4S. The van der Waals surface area contributed by atoms with Crippen LogP contribution >= 0.6 is 11.3 Å². The molecule has 0 spiro atoms. The molecule has 0 atom stereocenters. The summed E-state index contributed by atoms with van der Waals surface area (Å²) in [5, 5.41) is 10.5. The number of ether oxygens (including phenoxy) is 1. The molecule has 0 saturated heterocycles. The Balaban J connectivity index is 2.12. The third kappa shape index (κ3) is 2.97. The van der Waals surface area contributed by atoms with Crippen molar-refractivity contribution in [2.45, 2.75) is 6.61 Å². The second kappa shape index (κ2) is 5.62. The van der Waals surface area contributed by atoms with E-state index in [0.717, 1.165) is 17.4 Å². The number of benzene rings is 1.